The molecule has 0 amide bonds. The molecule has 6 heteroatoms. The van der Waals surface area contributed by atoms with Gasteiger partial charge < -0.3 is 25.3 Å². The number of fused-ring (bicyclic) bond motifs is 4. The first kappa shape index (κ1) is 22.7. The first-order valence-corrected chi connectivity index (χ1v) is 11.4. The Labute approximate surface area is 214 Å². The summed E-state index contributed by atoms with van der Waals surface area (Å²) in [6, 6.07) is 30.3. The molecule has 4 aromatic carbocycles. The third-order valence-electron chi connectivity index (χ3n) is 4.99. The van der Waals surface area contributed by atoms with Crippen LogP contribution in [-0.2, 0) is 44.7 Å². The molecule has 0 N–H and O–H groups in total. The molecule has 0 saturated heterocycles. The van der Waals surface area contributed by atoms with Gasteiger partial charge in [0.05, 0.1) is 15.7 Å². The van der Waals surface area contributed by atoms with Crippen molar-refractivity contribution in [1.82, 2.24) is 9.97 Å². The Morgan fingerprint density at radius 1 is 0.656 bits per heavy atom. The fraction of sp³-hybridized carbons (Fsp3) is 0. The zero-order valence-electron chi connectivity index (χ0n) is 17.1. The van der Waals surface area contributed by atoms with Crippen LogP contribution in [0.15, 0.2) is 107 Å². The molecule has 150 valence electrons. The molecule has 0 spiro atoms. The Morgan fingerprint density at radius 2 is 1.38 bits per heavy atom. The van der Waals surface area contributed by atoms with Gasteiger partial charge in [-0.1, -0.05) is 72.8 Å². The van der Waals surface area contributed by atoms with E-state index in [0.717, 1.165) is 47.6 Å². The number of aromatic nitrogens is 2. The van der Waals surface area contributed by atoms with Crippen LogP contribution in [0.3, 0.4) is 0 Å². The summed E-state index contributed by atoms with van der Waals surface area (Å²) in [6.07, 6.45) is 1.81. The van der Waals surface area contributed by atoms with Crippen LogP contribution in [0, 0.1) is 0 Å². The standard InChI is InChI=1S/C13H9NS2.C13H9NS.Zn/c15-11-7-3-1-5-9(11)13-14-10-6-2-4-8-12(10)16-13;15-11-5-1-3-9-6-7-10-4-2-8-14-13(10)12(9)11;/h1-8,15H;1-8,15H;/q;;+2/p-2. The fourth-order valence-electron chi connectivity index (χ4n) is 3.51. The smallest absolute Gasteiger partial charge is 0.779 e. The minimum atomic E-state index is 0. The predicted octanol–water partition coefficient (Wildman–Crippen LogP) is 7.16. The Kier molecular flexibility index (Phi) is 7.07. The predicted molar refractivity (Wildman–Crippen MR) is 136 cm³/mol. The first-order valence-electron chi connectivity index (χ1n) is 9.76. The molecule has 6 aromatic rings. The molecule has 0 unspecified atom stereocenters. The summed E-state index contributed by atoms with van der Waals surface area (Å²) in [7, 11) is 0. The fourth-order valence-corrected chi connectivity index (χ4v) is 5.12. The average Bonchev–Trinajstić information content (AvgIpc) is 3.24. The Balaban J connectivity index is 0.000000149. The van der Waals surface area contributed by atoms with E-state index in [1.807, 2.05) is 66.9 Å². The third kappa shape index (κ3) is 4.50. The van der Waals surface area contributed by atoms with E-state index < -0.39 is 0 Å². The summed E-state index contributed by atoms with van der Waals surface area (Å²) in [6.45, 7) is 0. The molecule has 0 aliphatic rings. The number of pyridine rings is 1. The van der Waals surface area contributed by atoms with Gasteiger partial charge in [0.25, 0.3) is 0 Å². The van der Waals surface area contributed by atoms with Gasteiger partial charge >= 0.3 is 19.5 Å². The van der Waals surface area contributed by atoms with Crippen LogP contribution in [0.5, 0.6) is 0 Å². The van der Waals surface area contributed by atoms with Gasteiger partial charge in [0.2, 0.25) is 0 Å². The molecule has 0 aliphatic carbocycles. The van der Waals surface area contributed by atoms with Crippen molar-refractivity contribution >= 4 is 68.5 Å². The van der Waals surface area contributed by atoms with Gasteiger partial charge in [-0.25, -0.2) is 4.98 Å². The van der Waals surface area contributed by atoms with Crippen molar-refractivity contribution in [2.24, 2.45) is 0 Å². The topological polar surface area (TPSA) is 25.8 Å². The molecular formula is C26H16N2S3Zn. The second kappa shape index (κ2) is 9.97. The summed E-state index contributed by atoms with van der Waals surface area (Å²) in [4.78, 5) is 10.7. The Morgan fingerprint density at radius 3 is 2.22 bits per heavy atom. The number of thiazole rings is 1. The summed E-state index contributed by atoms with van der Waals surface area (Å²) in [5.41, 5.74) is 3.10. The second-order valence-electron chi connectivity index (χ2n) is 6.98. The van der Waals surface area contributed by atoms with E-state index in [1.54, 1.807) is 11.3 Å². The molecule has 0 radical (unpaired) electrons. The maximum atomic E-state index is 5.34. The minimum Gasteiger partial charge on any atom is -0.779 e. The van der Waals surface area contributed by atoms with Crippen LogP contribution in [0.25, 0.3) is 42.5 Å². The van der Waals surface area contributed by atoms with Gasteiger partial charge in [-0.2, -0.15) is 9.79 Å². The molecule has 2 nitrogen and oxygen atoms in total. The van der Waals surface area contributed by atoms with Gasteiger partial charge in [-0.15, -0.1) is 11.3 Å². The maximum Gasteiger partial charge on any atom is 2.00 e. The van der Waals surface area contributed by atoms with E-state index in [1.165, 1.54) is 4.70 Å². The number of hydrogen-bond acceptors (Lipinski definition) is 5. The van der Waals surface area contributed by atoms with Crippen molar-refractivity contribution in [2.75, 3.05) is 0 Å². The van der Waals surface area contributed by atoms with Crippen LogP contribution in [0.4, 0.5) is 0 Å². The molecule has 0 bridgehead atoms. The van der Waals surface area contributed by atoms with Crippen LogP contribution in [0.2, 0.25) is 0 Å². The van der Waals surface area contributed by atoms with Gasteiger partial charge in [-0.05, 0) is 34.5 Å². The van der Waals surface area contributed by atoms with E-state index in [-0.39, 0.29) is 19.5 Å². The van der Waals surface area contributed by atoms with E-state index in [9.17, 15) is 0 Å². The molecular weight excluding hydrogens is 502 g/mol. The Hall–Kier alpha value is -2.50. The number of rotatable bonds is 1. The number of para-hydroxylation sites is 1. The van der Waals surface area contributed by atoms with Crippen molar-refractivity contribution in [3.05, 3.63) is 97.2 Å². The van der Waals surface area contributed by atoms with Gasteiger partial charge in [0.15, 0.2) is 0 Å². The molecule has 2 aromatic heterocycles. The zero-order chi connectivity index (χ0) is 21.2. The molecule has 0 atom stereocenters. The monoisotopic (exact) mass is 516 g/mol. The van der Waals surface area contributed by atoms with Gasteiger partial charge in [-0.3, -0.25) is 4.98 Å². The molecule has 0 saturated carbocycles. The van der Waals surface area contributed by atoms with Crippen LogP contribution in [0.1, 0.15) is 0 Å². The molecule has 32 heavy (non-hydrogen) atoms. The van der Waals surface area contributed by atoms with E-state index in [2.05, 4.69) is 40.3 Å². The number of hydrogen-bond donors (Lipinski definition) is 0. The van der Waals surface area contributed by atoms with Crippen molar-refractivity contribution in [3.63, 3.8) is 0 Å². The quantitative estimate of drug-likeness (QED) is 0.131. The van der Waals surface area contributed by atoms with Crippen molar-refractivity contribution in [2.45, 2.75) is 9.79 Å². The van der Waals surface area contributed by atoms with Crippen LogP contribution in [-0.4, -0.2) is 9.97 Å². The number of benzene rings is 4. The summed E-state index contributed by atoms with van der Waals surface area (Å²) in [5.74, 6) is 0. The van der Waals surface area contributed by atoms with E-state index in [0.29, 0.717) is 0 Å². The molecule has 0 fully saturated rings. The summed E-state index contributed by atoms with van der Waals surface area (Å²) in [5, 5.41) is 4.40. The van der Waals surface area contributed by atoms with E-state index >= 15 is 0 Å². The normalized spacial score (nSPS) is 10.5. The second-order valence-corrected chi connectivity index (χ2v) is 8.89. The summed E-state index contributed by atoms with van der Waals surface area (Å²) >= 11 is 12.3. The maximum absolute atomic E-state index is 5.34. The van der Waals surface area contributed by atoms with Gasteiger partial charge in [0, 0.05) is 11.6 Å². The van der Waals surface area contributed by atoms with Crippen molar-refractivity contribution in [1.29, 1.82) is 0 Å². The van der Waals surface area contributed by atoms with Crippen molar-refractivity contribution in [3.8, 4) is 10.6 Å². The molecule has 2 heterocycles. The van der Waals surface area contributed by atoms with Crippen LogP contribution < -0.4 is 0 Å². The molecule has 0 aliphatic heterocycles. The number of nitrogens with zero attached hydrogens (tertiary/aromatic N) is 2. The first-order chi connectivity index (χ1) is 15.2. The van der Waals surface area contributed by atoms with Gasteiger partial charge in [0.1, 0.15) is 5.01 Å². The minimum absolute atomic E-state index is 0. The SMILES string of the molecule is [S-]c1cccc2ccc3cccnc3c12.[S-]c1ccccc1-c1nc2ccccc2s1.[Zn+2]. The molecule has 6 rings (SSSR count). The van der Waals surface area contributed by atoms with Crippen molar-refractivity contribution < 1.29 is 19.5 Å². The zero-order valence-corrected chi connectivity index (χ0v) is 22.5. The van der Waals surface area contributed by atoms with E-state index in [4.69, 9.17) is 25.3 Å². The largest absolute Gasteiger partial charge is 2.00 e. The third-order valence-corrected chi connectivity index (χ3v) is 6.75. The Bertz CT molecular complexity index is 1500. The summed E-state index contributed by atoms with van der Waals surface area (Å²) < 4.78 is 1.20. The van der Waals surface area contributed by atoms with Crippen LogP contribution >= 0.6 is 11.3 Å². The average molecular weight is 518 g/mol.